The second kappa shape index (κ2) is 6.49. The van der Waals surface area contributed by atoms with Crippen LogP contribution in [0.1, 0.15) is 12.1 Å². The van der Waals surface area contributed by atoms with E-state index in [0.29, 0.717) is 6.61 Å². The van der Waals surface area contributed by atoms with E-state index in [1.165, 1.54) is 0 Å². The molecule has 1 aliphatic rings. The Bertz CT molecular complexity index is 524. The summed E-state index contributed by atoms with van der Waals surface area (Å²) in [6.07, 6.45) is 2.41. The van der Waals surface area contributed by atoms with Crippen molar-refractivity contribution in [2.75, 3.05) is 26.4 Å². The van der Waals surface area contributed by atoms with Crippen LogP contribution in [0.3, 0.4) is 0 Å². The van der Waals surface area contributed by atoms with Crippen LogP contribution in [-0.4, -0.2) is 47.4 Å². The second-order valence-electron chi connectivity index (χ2n) is 4.83. The van der Waals surface area contributed by atoms with Crippen molar-refractivity contribution >= 4 is 11.3 Å². The van der Waals surface area contributed by atoms with Crippen LogP contribution in [0.2, 0.25) is 0 Å². The molecule has 6 heteroatoms. The lowest BCUT2D eigenvalue weighted by atomic mass is 10.1. The minimum atomic E-state index is 0.194. The maximum absolute atomic E-state index is 9.12. The van der Waals surface area contributed by atoms with Gasteiger partial charge in [-0.2, -0.15) is 0 Å². The molecule has 20 heavy (non-hydrogen) atoms. The molecule has 108 valence electrons. The van der Waals surface area contributed by atoms with E-state index in [4.69, 9.17) is 14.3 Å². The van der Waals surface area contributed by atoms with Gasteiger partial charge in [0.15, 0.2) is 10.8 Å². The highest BCUT2D eigenvalue weighted by atomic mass is 32.1. The van der Waals surface area contributed by atoms with Crippen LogP contribution in [0.25, 0.3) is 10.8 Å². The lowest BCUT2D eigenvalue weighted by molar-refractivity contribution is -0.0199. The highest BCUT2D eigenvalue weighted by Crippen LogP contribution is 2.25. The van der Waals surface area contributed by atoms with E-state index in [1.54, 1.807) is 17.6 Å². The van der Waals surface area contributed by atoms with Gasteiger partial charge in [0.25, 0.3) is 0 Å². The highest BCUT2D eigenvalue weighted by molar-refractivity contribution is 7.13. The first-order valence-corrected chi connectivity index (χ1v) is 7.65. The summed E-state index contributed by atoms with van der Waals surface area (Å²) in [5, 5.41) is 12.1. The monoisotopic (exact) mass is 294 g/mol. The minimum Gasteiger partial charge on any atom is -0.462 e. The number of thiazole rings is 1. The number of morpholine rings is 1. The van der Waals surface area contributed by atoms with Crippen LogP contribution in [0.15, 0.2) is 28.2 Å². The van der Waals surface area contributed by atoms with Crippen molar-refractivity contribution in [2.24, 2.45) is 0 Å². The Labute approximate surface area is 121 Å². The molecule has 0 unspecified atom stereocenters. The molecule has 0 aliphatic carbocycles. The Morgan fingerprint density at radius 1 is 1.50 bits per heavy atom. The normalized spacial score (nSPS) is 20.4. The average molecular weight is 294 g/mol. The number of aromatic nitrogens is 1. The fraction of sp³-hybridized carbons (Fsp3) is 0.500. The summed E-state index contributed by atoms with van der Waals surface area (Å²) >= 11 is 1.60. The van der Waals surface area contributed by atoms with Gasteiger partial charge in [0.1, 0.15) is 0 Å². The molecule has 1 atom stereocenters. The van der Waals surface area contributed by atoms with E-state index in [-0.39, 0.29) is 12.6 Å². The first kappa shape index (κ1) is 13.8. The molecule has 5 nitrogen and oxygen atoms in total. The number of aliphatic hydroxyl groups excluding tert-OH is 1. The Morgan fingerprint density at radius 2 is 2.45 bits per heavy atom. The third kappa shape index (κ3) is 3.09. The summed E-state index contributed by atoms with van der Waals surface area (Å²) in [7, 11) is 0. The second-order valence-corrected chi connectivity index (χ2v) is 5.69. The smallest absolute Gasteiger partial charge is 0.162 e. The molecular formula is C14H18N2O3S. The van der Waals surface area contributed by atoms with Gasteiger partial charge in [-0.1, -0.05) is 0 Å². The van der Waals surface area contributed by atoms with Crippen LogP contribution < -0.4 is 0 Å². The van der Waals surface area contributed by atoms with E-state index in [9.17, 15) is 0 Å². The van der Waals surface area contributed by atoms with Crippen molar-refractivity contribution in [3.8, 4) is 10.8 Å². The Hall–Kier alpha value is -1.21. The van der Waals surface area contributed by atoms with Gasteiger partial charge < -0.3 is 14.3 Å². The molecule has 3 rings (SSSR count). The zero-order valence-corrected chi connectivity index (χ0v) is 12.0. The molecular weight excluding hydrogens is 276 g/mol. The van der Waals surface area contributed by atoms with Crippen molar-refractivity contribution in [3.05, 3.63) is 29.5 Å². The van der Waals surface area contributed by atoms with Crippen molar-refractivity contribution in [1.29, 1.82) is 0 Å². The predicted octanol–water partition coefficient (Wildman–Crippen LogP) is 1.99. The fourth-order valence-corrected chi connectivity index (χ4v) is 3.19. The number of nitrogens with zero attached hydrogens (tertiary/aromatic N) is 2. The quantitative estimate of drug-likeness (QED) is 0.914. The molecule has 0 saturated carbocycles. The fourth-order valence-electron chi connectivity index (χ4n) is 2.41. The lowest BCUT2D eigenvalue weighted by Gasteiger charge is -2.34. The van der Waals surface area contributed by atoms with Gasteiger partial charge >= 0.3 is 0 Å². The van der Waals surface area contributed by atoms with Crippen molar-refractivity contribution < 1.29 is 14.3 Å². The van der Waals surface area contributed by atoms with Crippen LogP contribution in [-0.2, 0) is 11.3 Å². The van der Waals surface area contributed by atoms with Crippen molar-refractivity contribution in [1.82, 2.24) is 9.88 Å². The number of hydrogen-bond acceptors (Lipinski definition) is 6. The van der Waals surface area contributed by atoms with E-state index >= 15 is 0 Å². The van der Waals surface area contributed by atoms with Crippen molar-refractivity contribution in [3.63, 3.8) is 0 Å². The third-order valence-corrected chi connectivity index (χ3v) is 4.37. The molecule has 1 fully saturated rings. The van der Waals surface area contributed by atoms with Gasteiger partial charge in [-0.25, -0.2) is 4.98 Å². The molecule has 0 amide bonds. The van der Waals surface area contributed by atoms with E-state index in [2.05, 4.69) is 15.3 Å². The van der Waals surface area contributed by atoms with Gasteiger partial charge in [0.2, 0.25) is 0 Å². The van der Waals surface area contributed by atoms with Gasteiger partial charge in [-0.15, -0.1) is 11.3 Å². The number of aliphatic hydroxyl groups is 1. The number of furan rings is 1. The van der Waals surface area contributed by atoms with Crippen molar-refractivity contribution in [2.45, 2.75) is 19.0 Å². The molecule has 0 radical (unpaired) electrons. The molecule has 1 N–H and O–H groups in total. The van der Waals surface area contributed by atoms with Crippen LogP contribution in [0.5, 0.6) is 0 Å². The zero-order valence-electron chi connectivity index (χ0n) is 11.2. The number of hydrogen-bond donors (Lipinski definition) is 1. The van der Waals surface area contributed by atoms with Crippen LogP contribution >= 0.6 is 11.3 Å². The summed E-state index contributed by atoms with van der Waals surface area (Å²) in [5.41, 5.74) is 1.05. The largest absolute Gasteiger partial charge is 0.462 e. The number of ether oxygens (including phenoxy) is 1. The molecule has 2 aromatic rings. The van der Waals surface area contributed by atoms with Crippen LogP contribution in [0.4, 0.5) is 0 Å². The molecule has 0 aromatic carbocycles. The molecule has 0 bridgehead atoms. The van der Waals surface area contributed by atoms with E-state index < -0.39 is 0 Å². The van der Waals surface area contributed by atoms with Gasteiger partial charge in [0, 0.05) is 31.1 Å². The Kier molecular flexibility index (Phi) is 4.47. The average Bonchev–Trinajstić information content (AvgIpc) is 3.12. The zero-order chi connectivity index (χ0) is 13.8. The summed E-state index contributed by atoms with van der Waals surface area (Å²) in [5.74, 6) is 0.815. The van der Waals surface area contributed by atoms with E-state index in [0.717, 1.165) is 42.6 Å². The lowest BCUT2D eigenvalue weighted by Crippen LogP contribution is -2.45. The molecule has 1 aliphatic heterocycles. The SMILES string of the molecule is OCC[C@H]1COCCN1Cc1csc(-c2ccco2)n1. The summed E-state index contributed by atoms with van der Waals surface area (Å²) < 4.78 is 10.8. The first-order valence-electron chi connectivity index (χ1n) is 6.78. The van der Waals surface area contributed by atoms with Gasteiger partial charge in [0.05, 0.1) is 25.2 Å². The summed E-state index contributed by atoms with van der Waals surface area (Å²) in [4.78, 5) is 6.96. The van der Waals surface area contributed by atoms with Crippen LogP contribution in [0, 0.1) is 0 Å². The minimum absolute atomic E-state index is 0.194. The summed E-state index contributed by atoms with van der Waals surface area (Å²) in [6.45, 7) is 3.32. The van der Waals surface area contributed by atoms with Gasteiger partial charge in [-0.3, -0.25) is 4.90 Å². The maximum Gasteiger partial charge on any atom is 0.162 e. The Morgan fingerprint density at radius 3 is 3.25 bits per heavy atom. The third-order valence-electron chi connectivity index (χ3n) is 3.46. The molecule has 3 heterocycles. The molecule has 1 saturated heterocycles. The highest BCUT2D eigenvalue weighted by Gasteiger charge is 2.23. The first-order chi connectivity index (χ1) is 9.86. The molecule has 0 spiro atoms. The Balaban J connectivity index is 1.67. The standard InChI is InChI=1S/C14H18N2O3S/c17-5-3-12-9-18-7-4-16(12)8-11-10-20-14(15-11)13-2-1-6-19-13/h1-2,6,10,12,17H,3-5,7-9H2/t12-/m0/s1. The summed E-state index contributed by atoms with van der Waals surface area (Å²) in [6, 6.07) is 4.07. The maximum atomic E-state index is 9.12. The predicted molar refractivity (Wildman–Crippen MR) is 76.5 cm³/mol. The van der Waals surface area contributed by atoms with E-state index in [1.807, 2.05) is 12.1 Å². The van der Waals surface area contributed by atoms with Gasteiger partial charge in [-0.05, 0) is 18.6 Å². The topological polar surface area (TPSA) is 58.7 Å². The number of rotatable bonds is 5. The molecule has 2 aromatic heterocycles.